The molecule has 0 atom stereocenters. The molecule has 0 aliphatic carbocycles. The van der Waals surface area contributed by atoms with Crippen molar-refractivity contribution in [1.29, 1.82) is 0 Å². The average molecular weight is 448 g/mol. The van der Waals surface area contributed by atoms with Crippen molar-refractivity contribution in [2.24, 2.45) is 0 Å². The van der Waals surface area contributed by atoms with Crippen LogP contribution in [0.5, 0.6) is 0 Å². The number of thiazole rings is 1. The summed E-state index contributed by atoms with van der Waals surface area (Å²) in [6.07, 6.45) is 0.784. The highest BCUT2D eigenvalue weighted by Crippen LogP contribution is 2.27. The molecule has 0 spiro atoms. The van der Waals surface area contributed by atoms with Gasteiger partial charge in [0.2, 0.25) is 11.8 Å². The van der Waals surface area contributed by atoms with Gasteiger partial charge in [-0.15, -0.1) is 11.3 Å². The summed E-state index contributed by atoms with van der Waals surface area (Å²) in [7, 11) is 0. The number of benzene rings is 2. The molecule has 3 rings (SSSR count). The third-order valence-electron chi connectivity index (χ3n) is 4.19. The lowest BCUT2D eigenvalue weighted by atomic mass is 10.1. The summed E-state index contributed by atoms with van der Waals surface area (Å²) < 4.78 is 0. The highest BCUT2D eigenvalue weighted by atomic mass is 35.5. The number of nitrogens with one attached hydrogen (secondary N) is 2. The molecule has 2 N–H and O–H groups in total. The zero-order valence-electron chi connectivity index (χ0n) is 15.7. The summed E-state index contributed by atoms with van der Waals surface area (Å²) in [6.45, 7) is 1.98. The van der Waals surface area contributed by atoms with E-state index in [1.54, 1.807) is 6.07 Å². The second kappa shape index (κ2) is 9.87. The molecule has 150 valence electrons. The number of carbonyl (C=O) groups is 2. The molecule has 2 aromatic carbocycles. The van der Waals surface area contributed by atoms with Crippen LogP contribution >= 0.6 is 34.5 Å². The van der Waals surface area contributed by atoms with E-state index in [0.717, 1.165) is 22.4 Å². The predicted octanol–water partition coefficient (Wildman–Crippen LogP) is 5.32. The molecule has 0 aliphatic rings. The van der Waals surface area contributed by atoms with Gasteiger partial charge in [0, 0.05) is 30.8 Å². The van der Waals surface area contributed by atoms with Gasteiger partial charge in [-0.05, 0) is 23.6 Å². The highest BCUT2D eigenvalue weighted by Gasteiger charge is 2.10. The van der Waals surface area contributed by atoms with Crippen LogP contribution in [-0.2, 0) is 22.6 Å². The first-order valence-electron chi connectivity index (χ1n) is 8.94. The van der Waals surface area contributed by atoms with E-state index >= 15 is 0 Å². The molecule has 1 heterocycles. The second-order valence-corrected chi connectivity index (χ2v) is 8.05. The van der Waals surface area contributed by atoms with Gasteiger partial charge in [-0.1, -0.05) is 59.6 Å². The number of amides is 2. The van der Waals surface area contributed by atoms with Gasteiger partial charge in [-0.2, -0.15) is 0 Å². The number of rotatable bonds is 7. The molecule has 0 saturated carbocycles. The summed E-state index contributed by atoms with van der Waals surface area (Å²) in [4.78, 5) is 27.7. The van der Waals surface area contributed by atoms with Gasteiger partial charge in [0.05, 0.1) is 15.7 Å². The minimum atomic E-state index is -0.132. The van der Waals surface area contributed by atoms with Gasteiger partial charge < -0.3 is 10.6 Å². The van der Waals surface area contributed by atoms with Gasteiger partial charge in [0.1, 0.15) is 0 Å². The quantitative estimate of drug-likeness (QED) is 0.514. The maximum Gasteiger partial charge on any atom is 0.226 e. The van der Waals surface area contributed by atoms with Crippen LogP contribution in [0.2, 0.25) is 10.0 Å². The minimum Gasteiger partial charge on any atom is -0.352 e. The van der Waals surface area contributed by atoms with Crippen LogP contribution in [0.1, 0.15) is 24.5 Å². The van der Waals surface area contributed by atoms with E-state index in [2.05, 4.69) is 15.6 Å². The van der Waals surface area contributed by atoms with E-state index in [-0.39, 0.29) is 18.2 Å². The van der Waals surface area contributed by atoms with Crippen LogP contribution < -0.4 is 10.6 Å². The van der Waals surface area contributed by atoms with E-state index in [1.165, 1.54) is 18.3 Å². The van der Waals surface area contributed by atoms with Crippen molar-refractivity contribution in [2.45, 2.75) is 26.3 Å². The summed E-state index contributed by atoms with van der Waals surface area (Å²) in [5.41, 5.74) is 3.58. The minimum absolute atomic E-state index is 0.0633. The van der Waals surface area contributed by atoms with Crippen molar-refractivity contribution in [2.75, 3.05) is 5.32 Å². The Morgan fingerprint density at radius 2 is 1.86 bits per heavy atom. The molecule has 3 aromatic rings. The zero-order valence-corrected chi connectivity index (χ0v) is 18.0. The van der Waals surface area contributed by atoms with Gasteiger partial charge in [0.25, 0.3) is 0 Å². The first kappa shape index (κ1) is 21.3. The summed E-state index contributed by atoms with van der Waals surface area (Å²) >= 11 is 13.5. The fourth-order valence-electron chi connectivity index (χ4n) is 2.66. The molecule has 5 nitrogen and oxygen atoms in total. The van der Waals surface area contributed by atoms with Crippen molar-refractivity contribution in [1.82, 2.24) is 10.3 Å². The maximum absolute atomic E-state index is 12.2. The molecule has 8 heteroatoms. The van der Waals surface area contributed by atoms with Crippen molar-refractivity contribution in [3.05, 3.63) is 69.0 Å². The Kier molecular flexibility index (Phi) is 7.25. The second-order valence-electron chi connectivity index (χ2n) is 6.41. The molecular weight excluding hydrogens is 429 g/mol. The number of aryl methyl sites for hydroxylation is 1. The molecule has 0 unspecified atom stereocenters. The number of hydrogen-bond acceptors (Lipinski definition) is 4. The number of anilines is 1. The third-order valence-corrected chi connectivity index (χ3v) is 5.81. The molecule has 2 amide bonds. The van der Waals surface area contributed by atoms with Gasteiger partial charge in [-0.3, -0.25) is 9.59 Å². The molecule has 0 bridgehead atoms. The van der Waals surface area contributed by atoms with E-state index in [9.17, 15) is 9.59 Å². The molecule has 0 aliphatic heterocycles. The summed E-state index contributed by atoms with van der Waals surface area (Å²) in [5.74, 6) is -0.195. The highest BCUT2D eigenvalue weighted by molar-refractivity contribution is 7.14. The Morgan fingerprint density at radius 3 is 2.59 bits per heavy atom. The molecule has 1 aromatic heterocycles. The standard InChI is InChI=1S/C21H19Cl2N3O2S/c1-13(27)24-11-14-5-7-15(8-6-14)18-12-29-21(25-18)26-19(28)10-9-16-3-2-4-17(22)20(16)23/h2-8,12H,9-11H2,1H3,(H,24,27)(H,25,26,28). The smallest absolute Gasteiger partial charge is 0.226 e. The van der Waals surface area contributed by atoms with E-state index in [4.69, 9.17) is 23.2 Å². The first-order chi connectivity index (χ1) is 13.9. The fraction of sp³-hybridized carbons (Fsp3) is 0.190. The van der Waals surface area contributed by atoms with Crippen LogP contribution in [0.4, 0.5) is 5.13 Å². The molecule has 0 fully saturated rings. The van der Waals surface area contributed by atoms with E-state index < -0.39 is 0 Å². The molecule has 0 radical (unpaired) electrons. The Bertz CT molecular complexity index is 1020. The lowest BCUT2D eigenvalue weighted by Gasteiger charge is -2.05. The van der Waals surface area contributed by atoms with Crippen molar-refractivity contribution < 1.29 is 9.59 Å². The van der Waals surface area contributed by atoms with E-state index in [1.807, 2.05) is 41.8 Å². The first-order valence-corrected chi connectivity index (χ1v) is 10.6. The molecule has 0 saturated heterocycles. The monoisotopic (exact) mass is 447 g/mol. The van der Waals surface area contributed by atoms with Crippen molar-refractivity contribution >= 4 is 51.5 Å². The Labute approximate surface area is 183 Å². The van der Waals surface area contributed by atoms with Crippen LogP contribution in [0.3, 0.4) is 0 Å². The van der Waals surface area contributed by atoms with Crippen molar-refractivity contribution in [3.8, 4) is 11.3 Å². The zero-order chi connectivity index (χ0) is 20.8. The van der Waals surface area contributed by atoms with Crippen LogP contribution in [0, 0.1) is 0 Å². The number of halogens is 2. The van der Waals surface area contributed by atoms with Crippen LogP contribution in [-0.4, -0.2) is 16.8 Å². The lowest BCUT2D eigenvalue weighted by Crippen LogP contribution is -2.18. The number of nitrogens with zero attached hydrogens (tertiary/aromatic N) is 1. The molecule has 29 heavy (non-hydrogen) atoms. The Morgan fingerprint density at radius 1 is 1.10 bits per heavy atom. The largest absolute Gasteiger partial charge is 0.352 e. The SMILES string of the molecule is CC(=O)NCc1ccc(-c2csc(NC(=O)CCc3cccc(Cl)c3Cl)n2)cc1. The number of carbonyl (C=O) groups excluding carboxylic acids is 2. The topological polar surface area (TPSA) is 71.1 Å². The predicted molar refractivity (Wildman–Crippen MR) is 118 cm³/mol. The molecular formula is C21H19Cl2N3O2S. The van der Waals surface area contributed by atoms with Crippen LogP contribution in [0.15, 0.2) is 47.8 Å². The summed E-state index contributed by atoms with van der Waals surface area (Å²) in [6, 6.07) is 13.2. The van der Waals surface area contributed by atoms with Gasteiger partial charge in [-0.25, -0.2) is 4.98 Å². The van der Waals surface area contributed by atoms with E-state index in [0.29, 0.717) is 28.1 Å². The van der Waals surface area contributed by atoms with Gasteiger partial charge >= 0.3 is 0 Å². The number of hydrogen-bond donors (Lipinski definition) is 2. The number of aromatic nitrogens is 1. The average Bonchev–Trinajstić information content (AvgIpc) is 3.16. The fourth-order valence-corrected chi connectivity index (χ4v) is 3.81. The van der Waals surface area contributed by atoms with Gasteiger partial charge in [0.15, 0.2) is 5.13 Å². The lowest BCUT2D eigenvalue weighted by molar-refractivity contribution is -0.119. The Balaban J connectivity index is 1.56. The third kappa shape index (κ3) is 6.03. The Hall–Kier alpha value is -2.41. The summed E-state index contributed by atoms with van der Waals surface area (Å²) in [5, 5.41) is 9.00. The normalized spacial score (nSPS) is 10.6. The van der Waals surface area contributed by atoms with Crippen molar-refractivity contribution in [3.63, 3.8) is 0 Å². The maximum atomic E-state index is 12.2. The van der Waals surface area contributed by atoms with Crippen LogP contribution in [0.25, 0.3) is 11.3 Å².